The van der Waals surface area contributed by atoms with Gasteiger partial charge in [-0.2, -0.15) is 11.3 Å². The van der Waals surface area contributed by atoms with Crippen LogP contribution in [-0.2, 0) is 4.79 Å². The Morgan fingerprint density at radius 1 is 1.27 bits per heavy atom. The molecular weight excluding hydrogens is 316 g/mol. The molecule has 22 heavy (non-hydrogen) atoms. The van der Waals surface area contributed by atoms with Gasteiger partial charge in [0.1, 0.15) is 0 Å². The average Bonchev–Trinajstić information content (AvgIpc) is 3.06. The first-order valence-electron chi connectivity index (χ1n) is 6.93. The third-order valence-corrected chi connectivity index (χ3v) is 4.41. The first-order chi connectivity index (χ1) is 10.7. The van der Waals surface area contributed by atoms with E-state index in [1.165, 1.54) is 11.3 Å². The molecule has 2 amide bonds. The summed E-state index contributed by atoms with van der Waals surface area (Å²) in [6, 6.07) is 9.52. The quantitative estimate of drug-likeness (QED) is 0.600. The number of rotatable bonds is 7. The molecule has 0 bridgehead atoms. The molecule has 1 aromatic heterocycles. The Morgan fingerprint density at radius 2 is 2.14 bits per heavy atom. The van der Waals surface area contributed by atoms with Crippen molar-refractivity contribution in [3.05, 3.63) is 46.7 Å². The second kappa shape index (κ2) is 8.60. The first-order valence-corrected chi connectivity index (χ1v) is 9.10. The van der Waals surface area contributed by atoms with Crippen molar-refractivity contribution >= 4 is 40.6 Å². The van der Waals surface area contributed by atoms with Gasteiger partial charge in [0.15, 0.2) is 0 Å². The number of carbonyl (C=O) groups is 2. The van der Waals surface area contributed by atoms with Crippen molar-refractivity contribution in [2.45, 2.75) is 17.7 Å². The van der Waals surface area contributed by atoms with Gasteiger partial charge in [-0.05, 0) is 42.3 Å². The molecule has 0 radical (unpaired) electrons. The SMILES string of the molecule is CSc1cccc(NC(=O)CCCNC(=O)c2ccsc2)c1. The summed E-state index contributed by atoms with van der Waals surface area (Å²) in [4.78, 5) is 24.7. The topological polar surface area (TPSA) is 58.2 Å². The number of thioether (sulfide) groups is 1. The predicted molar refractivity (Wildman–Crippen MR) is 92.7 cm³/mol. The summed E-state index contributed by atoms with van der Waals surface area (Å²) in [5.74, 6) is -0.127. The van der Waals surface area contributed by atoms with Crippen molar-refractivity contribution in [3.8, 4) is 0 Å². The van der Waals surface area contributed by atoms with Crippen molar-refractivity contribution in [2.75, 3.05) is 18.1 Å². The molecular formula is C16H18N2O2S2. The number of thiophene rings is 1. The van der Waals surface area contributed by atoms with Crippen molar-refractivity contribution in [2.24, 2.45) is 0 Å². The summed E-state index contributed by atoms with van der Waals surface area (Å²) < 4.78 is 0. The molecule has 0 spiro atoms. The van der Waals surface area contributed by atoms with E-state index in [9.17, 15) is 9.59 Å². The second-order valence-electron chi connectivity index (χ2n) is 4.65. The van der Waals surface area contributed by atoms with Crippen LogP contribution < -0.4 is 10.6 Å². The lowest BCUT2D eigenvalue weighted by molar-refractivity contribution is -0.116. The number of carbonyl (C=O) groups excluding carboxylic acids is 2. The van der Waals surface area contributed by atoms with E-state index in [4.69, 9.17) is 0 Å². The van der Waals surface area contributed by atoms with E-state index in [0.717, 1.165) is 10.6 Å². The molecule has 0 aliphatic carbocycles. The summed E-state index contributed by atoms with van der Waals surface area (Å²) in [5.41, 5.74) is 1.47. The van der Waals surface area contributed by atoms with Gasteiger partial charge in [-0.1, -0.05) is 6.07 Å². The summed E-state index contributed by atoms with van der Waals surface area (Å²) in [5, 5.41) is 9.35. The molecule has 2 N–H and O–H groups in total. The molecule has 0 saturated heterocycles. The molecule has 6 heteroatoms. The highest BCUT2D eigenvalue weighted by Gasteiger charge is 2.06. The van der Waals surface area contributed by atoms with Crippen LogP contribution in [0, 0.1) is 0 Å². The molecule has 4 nitrogen and oxygen atoms in total. The molecule has 0 fully saturated rings. The average molecular weight is 334 g/mol. The normalized spacial score (nSPS) is 10.2. The Hall–Kier alpha value is -1.79. The zero-order chi connectivity index (χ0) is 15.8. The fourth-order valence-electron chi connectivity index (χ4n) is 1.87. The van der Waals surface area contributed by atoms with Gasteiger partial charge in [0.25, 0.3) is 5.91 Å². The Bertz CT molecular complexity index is 627. The number of amides is 2. The molecule has 1 heterocycles. The van der Waals surface area contributed by atoms with Crippen LogP contribution in [-0.4, -0.2) is 24.6 Å². The van der Waals surface area contributed by atoms with Crippen LogP contribution in [0.4, 0.5) is 5.69 Å². The standard InChI is InChI=1S/C16H18N2O2S2/c1-21-14-5-2-4-13(10-14)18-15(19)6-3-8-17-16(20)12-7-9-22-11-12/h2,4-5,7,9-11H,3,6,8H2,1H3,(H,17,20)(H,18,19). The van der Waals surface area contributed by atoms with Crippen LogP contribution in [0.1, 0.15) is 23.2 Å². The fourth-order valence-corrected chi connectivity index (χ4v) is 2.97. The van der Waals surface area contributed by atoms with Crippen LogP contribution in [0.2, 0.25) is 0 Å². The number of hydrogen-bond acceptors (Lipinski definition) is 4. The van der Waals surface area contributed by atoms with Crippen LogP contribution in [0.5, 0.6) is 0 Å². The van der Waals surface area contributed by atoms with Gasteiger partial charge in [-0.3, -0.25) is 9.59 Å². The smallest absolute Gasteiger partial charge is 0.252 e. The number of hydrogen-bond donors (Lipinski definition) is 2. The van der Waals surface area contributed by atoms with Crippen molar-refractivity contribution in [1.29, 1.82) is 0 Å². The fraction of sp³-hybridized carbons (Fsp3) is 0.250. The predicted octanol–water partition coefficient (Wildman–Crippen LogP) is 3.62. The van der Waals surface area contributed by atoms with Gasteiger partial charge >= 0.3 is 0 Å². The van der Waals surface area contributed by atoms with E-state index in [-0.39, 0.29) is 11.8 Å². The van der Waals surface area contributed by atoms with Crippen LogP contribution in [0.3, 0.4) is 0 Å². The van der Waals surface area contributed by atoms with Gasteiger partial charge in [0.2, 0.25) is 5.91 Å². The summed E-state index contributed by atoms with van der Waals surface area (Å²) in [6.45, 7) is 0.493. The van der Waals surface area contributed by atoms with Crippen LogP contribution >= 0.6 is 23.1 Å². The molecule has 0 unspecified atom stereocenters. The molecule has 1 aromatic carbocycles. The van der Waals surface area contributed by atoms with E-state index in [1.54, 1.807) is 23.2 Å². The van der Waals surface area contributed by atoms with Crippen LogP contribution in [0.15, 0.2) is 46.0 Å². The summed E-state index contributed by atoms with van der Waals surface area (Å²) in [6.07, 6.45) is 2.99. The molecule has 0 saturated carbocycles. The van der Waals surface area contributed by atoms with Crippen LogP contribution in [0.25, 0.3) is 0 Å². The summed E-state index contributed by atoms with van der Waals surface area (Å²) in [7, 11) is 0. The van der Waals surface area contributed by atoms with Gasteiger partial charge in [-0.15, -0.1) is 11.8 Å². The number of benzene rings is 1. The highest BCUT2D eigenvalue weighted by molar-refractivity contribution is 7.98. The molecule has 0 aliphatic heterocycles. The third kappa shape index (κ3) is 5.20. The Morgan fingerprint density at radius 3 is 2.86 bits per heavy atom. The van der Waals surface area contributed by atoms with Gasteiger partial charge < -0.3 is 10.6 Å². The maximum atomic E-state index is 11.9. The van der Waals surface area contributed by atoms with E-state index in [0.29, 0.717) is 24.9 Å². The Labute approximate surface area is 138 Å². The van der Waals surface area contributed by atoms with E-state index in [1.807, 2.05) is 35.9 Å². The maximum absolute atomic E-state index is 11.9. The third-order valence-electron chi connectivity index (χ3n) is 3.00. The maximum Gasteiger partial charge on any atom is 0.252 e. The number of nitrogens with one attached hydrogen (secondary N) is 2. The van der Waals surface area contributed by atoms with Crippen molar-refractivity contribution in [1.82, 2.24) is 5.32 Å². The molecule has 0 atom stereocenters. The first kappa shape index (κ1) is 16.6. The lowest BCUT2D eigenvalue weighted by Crippen LogP contribution is -2.25. The van der Waals surface area contributed by atoms with E-state index >= 15 is 0 Å². The highest BCUT2D eigenvalue weighted by atomic mass is 32.2. The van der Waals surface area contributed by atoms with Gasteiger partial charge in [-0.25, -0.2) is 0 Å². The van der Waals surface area contributed by atoms with Crippen molar-refractivity contribution < 1.29 is 9.59 Å². The second-order valence-corrected chi connectivity index (χ2v) is 6.31. The largest absolute Gasteiger partial charge is 0.352 e. The Kier molecular flexibility index (Phi) is 6.48. The molecule has 0 aliphatic rings. The Balaban J connectivity index is 1.68. The minimum absolute atomic E-state index is 0.0389. The lowest BCUT2D eigenvalue weighted by atomic mass is 10.2. The minimum Gasteiger partial charge on any atom is -0.352 e. The zero-order valence-electron chi connectivity index (χ0n) is 12.3. The van der Waals surface area contributed by atoms with Crippen molar-refractivity contribution in [3.63, 3.8) is 0 Å². The van der Waals surface area contributed by atoms with E-state index < -0.39 is 0 Å². The van der Waals surface area contributed by atoms with Gasteiger partial charge in [0.05, 0.1) is 0 Å². The molecule has 2 rings (SSSR count). The monoisotopic (exact) mass is 334 g/mol. The zero-order valence-corrected chi connectivity index (χ0v) is 13.9. The highest BCUT2D eigenvalue weighted by Crippen LogP contribution is 2.19. The summed E-state index contributed by atoms with van der Waals surface area (Å²) >= 11 is 3.12. The van der Waals surface area contributed by atoms with Gasteiger partial charge in [0, 0.05) is 34.5 Å². The molecule has 116 valence electrons. The lowest BCUT2D eigenvalue weighted by Gasteiger charge is -2.07. The minimum atomic E-state index is -0.0886. The van der Waals surface area contributed by atoms with E-state index in [2.05, 4.69) is 10.6 Å². The number of anilines is 1. The molecule has 2 aromatic rings.